The van der Waals surface area contributed by atoms with Crippen LogP contribution in [0.5, 0.6) is 0 Å². The number of benzene rings is 1. The molecule has 0 amide bonds. The lowest BCUT2D eigenvalue weighted by Crippen LogP contribution is -2.24. The smallest absolute Gasteiger partial charge is 0.150 e. The Morgan fingerprint density at radius 1 is 1.18 bits per heavy atom. The number of fused-ring (bicyclic) bond motifs is 2. The van der Waals surface area contributed by atoms with E-state index in [9.17, 15) is 0 Å². The number of nitrogens with two attached hydrogens (primary N) is 1. The van der Waals surface area contributed by atoms with Gasteiger partial charge in [-0.25, -0.2) is 9.97 Å². The van der Waals surface area contributed by atoms with Crippen LogP contribution in [-0.4, -0.2) is 37.3 Å². The maximum atomic E-state index is 6.27. The van der Waals surface area contributed by atoms with Gasteiger partial charge in [0, 0.05) is 48.5 Å². The highest BCUT2D eigenvalue weighted by Crippen LogP contribution is 2.30. The normalized spacial score (nSPS) is 13.0. The summed E-state index contributed by atoms with van der Waals surface area (Å²) in [5, 5.41) is 1.16. The first-order valence-corrected chi connectivity index (χ1v) is 14.6. The lowest BCUT2D eigenvalue weighted by molar-refractivity contribution is 0.331. The second-order valence-electron chi connectivity index (χ2n) is 10.3. The topological polar surface area (TPSA) is 75.2 Å². The number of rotatable bonds is 10. The highest BCUT2D eigenvalue weighted by molar-refractivity contribution is 5.91. The number of aryl methyl sites for hydroxylation is 1. The molecule has 4 aromatic rings. The summed E-state index contributed by atoms with van der Waals surface area (Å²) in [7, 11) is 0. The third kappa shape index (κ3) is 6.92. The molecule has 3 N–H and O–H groups in total. The number of aromatic amines is 1. The van der Waals surface area contributed by atoms with Crippen molar-refractivity contribution in [1.82, 2.24) is 24.3 Å². The Kier molecular flexibility index (Phi) is 10.0. The minimum atomic E-state index is 0.497. The standard InChI is InChI=1S/C24H30N6.C10H14/c1-4-13-29(17(3)5-2)14-8-11-21-28-22(23-24(25)26-12-15-30(21)23)20-16-18-9-6-7-10-19(18)27-20;1-3-10-7-5-4-6-9(2)8-10/h6-7,9-10,12,15-16,27H,3-5,8,11,13-14H2,1-2H3,(H2,25,26);5-8H,3-4H2,1-2H3. The van der Waals surface area contributed by atoms with Gasteiger partial charge >= 0.3 is 0 Å². The number of anilines is 1. The van der Waals surface area contributed by atoms with Gasteiger partial charge in [0.2, 0.25) is 0 Å². The number of aromatic nitrogens is 4. The number of hydrogen-bond acceptors (Lipinski definition) is 4. The number of H-pyrrole nitrogens is 1. The van der Waals surface area contributed by atoms with Crippen molar-refractivity contribution < 1.29 is 0 Å². The van der Waals surface area contributed by atoms with Crippen molar-refractivity contribution in [3.63, 3.8) is 0 Å². The van der Waals surface area contributed by atoms with Crippen molar-refractivity contribution in [3.05, 3.63) is 96.3 Å². The summed E-state index contributed by atoms with van der Waals surface area (Å²) in [4.78, 5) is 15.2. The van der Waals surface area contributed by atoms with Gasteiger partial charge in [-0.1, -0.05) is 75.4 Å². The third-order valence-electron chi connectivity index (χ3n) is 7.35. The monoisotopic (exact) mass is 536 g/mol. The van der Waals surface area contributed by atoms with Gasteiger partial charge in [-0.05, 0) is 56.7 Å². The fraction of sp³-hybridized carbons (Fsp3) is 0.353. The molecule has 40 heavy (non-hydrogen) atoms. The van der Waals surface area contributed by atoms with Gasteiger partial charge in [-0.15, -0.1) is 0 Å². The molecule has 0 radical (unpaired) electrons. The van der Waals surface area contributed by atoms with Gasteiger partial charge in [0.05, 0.1) is 5.69 Å². The van der Waals surface area contributed by atoms with Gasteiger partial charge in [0.15, 0.2) is 0 Å². The van der Waals surface area contributed by atoms with Crippen LogP contribution in [0.2, 0.25) is 0 Å². The molecule has 0 fully saturated rings. The summed E-state index contributed by atoms with van der Waals surface area (Å²) in [6.07, 6.45) is 18.8. The predicted octanol–water partition coefficient (Wildman–Crippen LogP) is 8.26. The molecule has 1 aromatic carbocycles. The van der Waals surface area contributed by atoms with E-state index in [1.54, 1.807) is 6.20 Å². The second kappa shape index (κ2) is 13.8. The van der Waals surface area contributed by atoms with Crippen LogP contribution in [0.15, 0.2) is 90.5 Å². The van der Waals surface area contributed by atoms with Crippen molar-refractivity contribution in [1.29, 1.82) is 0 Å². The van der Waals surface area contributed by atoms with Crippen LogP contribution in [0, 0.1) is 0 Å². The van der Waals surface area contributed by atoms with E-state index in [-0.39, 0.29) is 0 Å². The average Bonchev–Trinajstić information content (AvgIpc) is 3.49. The summed E-state index contributed by atoms with van der Waals surface area (Å²) < 4.78 is 2.09. The molecular weight excluding hydrogens is 492 g/mol. The average molecular weight is 537 g/mol. The zero-order chi connectivity index (χ0) is 28.5. The van der Waals surface area contributed by atoms with Crippen LogP contribution >= 0.6 is 0 Å². The number of allylic oxidation sites excluding steroid dienone is 7. The number of nitrogens with zero attached hydrogens (tertiary/aromatic N) is 4. The lowest BCUT2D eigenvalue weighted by atomic mass is 10.1. The number of para-hydroxylation sites is 1. The fourth-order valence-electron chi connectivity index (χ4n) is 5.13. The quantitative estimate of drug-likeness (QED) is 0.214. The summed E-state index contributed by atoms with van der Waals surface area (Å²) in [5.74, 6) is 1.50. The Bertz CT molecular complexity index is 1500. The molecule has 3 aromatic heterocycles. The zero-order valence-corrected chi connectivity index (χ0v) is 24.6. The Labute approximate surface area is 239 Å². The van der Waals surface area contributed by atoms with Gasteiger partial charge in [-0.3, -0.25) is 4.40 Å². The first kappa shape index (κ1) is 28.9. The first-order valence-electron chi connectivity index (χ1n) is 14.6. The van der Waals surface area contributed by atoms with E-state index in [0.717, 1.165) is 85.2 Å². The molecule has 3 heterocycles. The molecule has 0 unspecified atom stereocenters. The van der Waals surface area contributed by atoms with E-state index in [4.69, 9.17) is 10.7 Å². The van der Waals surface area contributed by atoms with Gasteiger partial charge < -0.3 is 15.6 Å². The van der Waals surface area contributed by atoms with Crippen LogP contribution < -0.4 is 5.73 Å². The van der Waals surface area contributed by atoms with E-state index in [0.29, 0.717) is 5.82 Å². The summed E-state index contributed by atoms with van der Waals surface area (Å²) in [5.41, 5.74) is 14.1. The molecule has 0 spiro atoms. The van der Waals surface area contributed by atoms with E-state index in [2.05, 4.69) is 96.0 Å². The molecule has 6 heteroatoms. The molecule has 0 saturated heterocycles. The molecule has 0 saturated carbocycles. The molecule has 1 aliphatic rings. The Morgan fingerprint density at radius 2 is 2.00 bits per heavy atom. The van der Waals surface area contributed by atoms with Gasteiger partial charge in [-0.2, -0.15) is 0 Å². The van der Waals surface area contributed by atoms with Crippen LogP contribution in [0.3, 0.4) is 0 Å². The van der Waals surface area contributed by atoms with Crippen LogP contribution in [0.4, 0.5) is 5.82 Å². The largest absolute Gasteiger partial charge is 0.382 e. The second-order valence-corrected chi connectivity index (χ2v) is 10.3. The fourth-order valence-corrected chi connectivity index (χ4v) is 5.13. The van der Waals surface area contributed by atoms with Crippen molar-refractivity contribution in [2.24, 2.45) is 0 Å². The molecule has 0 atom stereocenters. The molecule has 1 aliphatic carbocycles. The van der Waals surface area contributed by atoms with Crippen molar-refractivity contribution in [2.75, 3.05) is 18.8 Å². The van der Waals surface area contributed by atoms with Crippen molar-refractivity contribution >= 4 is 22.2 Å². The Balaban J connectivity index is 0.000000312. The predicted molar refractivity (Wildman–Crippen MR) is 170 cm³/mol. The lowest BCUT2D eigenvalue weighted by Gasteiger charge is -2.25. The van der Waals surface area contributed by atoms with Gasteiger partial charge in [0.1, 0.15) is 22.9 Å². The van der Waals surface area contributed by atoms with Crippen LogP contribution in [0.1, 0.15) is 65.6 Å². The van der Waals surface area contributed by atoms with Crippen LogP contribution in [-0.2, 0) is 6.42 Å². The van der Waals surface area contributed by atoms with E-state index >= 15 is 0 Å². The minimum Gasteiger partial charge on any atom is -0.382 e. The molecular formula is C34H44N6. The van der Waals surface area contributed by atoms with Crippen LogP contribution in [0.25, 0.3) is 27.8 Å². The first-order chi connectivity index (χ1) is 19.4. The van der Waals surface area contributed by atoms with E-state index in [1.165, 1.54) is 16.8 Å². The number of nitrogen functional groups attached to an aromatic ring is 1. The molecule has 0 aliphatic heterocycles. The summed E-state index contributed by atoms with van der Waals surface area (Å²) >= 11 is 0. The Hall–Kier alpha value is -4.06. The number of hydrogen-bond donors (Lipinski definition) is 2. The van der Waals surface area contributed by atoms with E-state index in [1.807, 2.05) is 18.3 Å². The molecule has 6 nitrogen and oxygen atoms in total. The van der Waals surface area contributed by atoms with E-state index < -0.39 is 0 Å². The highest BCUT2D eigenvalue weighted by Gasteiger charge is 2.18. The summed E-state index contributed by atoms with van der Waals surface area (Å²) in [6, 6.07) is 10.4. The Morgan fingerprint density at radius 3 is 2.75 bits per heavy atom. The van der Waals surface area contributed by atoms with Crippen molar-refractivity contribution in [3.8, 4) is 11.4 Å². The minimum absolute atomic E-state index is 0.497. The molecule has 0 bridgehead atoms. The SMILES string of the molecule is C=C(CC)N(CCC)CCCc1nc(-c2cc3ccccc3[nH]2)c2c(N)nccn12.CCC1=CC(C)=CCC=C1. The maximum absolute atomic E-state index is 6.27. The molecule has 210 valence electrons. The van der Waals surface area contributed by atoms with Crippen molar-refractivity contribution in [2.45, 2.75) is 66.2 Å². The maximum Gasteiger partial charge on any atom is 0.150 e. The number of imidazole rings is 1. The van der Waals surface area contributed by atoms with Gasteiger partial charge in [0.25, 0.3) is 0 Å². The zero-order valence-electron chi connectivity index (χ0n) is 24.6. The summed E-state index contributed by atoms with van der Waals surface area (Å²) in [6.45, 7) is 15.0. The highest BCUT2D eigenvalue weighted by atomic mass is 15.1. The molecule has 5 rings (SSSR count). The third-order valence-corrected chi connectivity index (χ3v) is 7.35. The number of nitrogens with one attached hydrogen (secondary N) is 1.